The molecule has 0 aliphatic rings. The van der Waals surface area contributed by atoms with E-state index in [1.54, 1.807) is 18.2 Å². The van der Waals surface area contributed by atoms with E-state index in [9.17, 15) is 18.4 Å². The molecule has 0 aliphatic carbocycles. The first-order chi connectivity index (χ1) is 19.8. The Morgan fingerprint density at radius 3 is 2.34 bits per heavy atom. The molecule has 0 bridgehead atoms. The number of amides is 1. The van der Waals surface area contributed by atoms with Crippen molar-refractivity contribution in [3.05, 3.63) is 81.6 Å². The Morgan fingerprint density at radius 2 is 1.66 bits per heavy atom. The monoisotopic (exact) mass is 562 g/mol. The summed E-state index contributed by atoms with van der Waals surface area (Å²) in [7, 11) is 0. The van der Waals surface area contributed by atoms with Gasteiger partial charge in [0, 0.05) is 35.7 Å². The molecule has 2 heterocycles. The Balaban J connectivity index is 1.91. The molecule has 41 heavy (non-hydrogen) atoms. The predicted molar refractivity (Wildman–Crippen MR) is 159 cm³/mol. The van der Waals surface area contributed by atoms with Crippen molar-refractivity contribution in [1.82, 2.24) is 24.8 Å². The fourth-order valence-electron chi connectivity index (χ4n) is 4.83. The minimum atomic E-state index is -0.890. The zero-order chi connectivity index (χ0) is 29.5. The molecule has 0 fully saturated rings. The first kappa shape index (κ1) is 29.8. The molecular weight excluding hydrogens is 526 g/mol. The Bertz CT molecular complexity index is 1580. The van der Waals surface area contributed by atoms with Crippen molar-refractivity contribution in [2.45, 2.75) is 40.5 Å². The van der Waals surface area contributed by atoms with E-state index in [1.807, 2.05) is 19.9 Å². The van der Waals surface area contributed by atoms with Crippen molar-refractivity contribution in [1.29, 1.82) is 0 Å². The molecule has 1 amide bonds. The molecule has 2 N–H and O–H groups in total. The lowest BCUT2D eigenvalue weighted by Gasteiger charge is -2.19. The second-order valence-electron chi connectivity index (χ2n) is 9.75. The SMILES string of the molecule is CCCNC(=O)c1cccc(-c2nc(NCCCN(CC)CC)nc3c2ccc(=O)n3-c2c(F)cccc2F)c1C. The van der Waals surface area contributed by atoms with Gasteiger partial charge in [0.15, 0.2) is 5.65 Å². The number of hydrogen-bond donors (Lipinski definition) is 2. The van der Waals surface area contributed by atoms with Crippen LogP contribution < -0.4 is 16.2 Å². The highest BCUT2D eigenvalue weighted by molar-refractivity contribution is 6.00. The summed E-state index contributed by atoms with van der Waals surface area (Å²) in [5, 5.41) is 6.55. The van der Waals surface area contributed by atoms with Crippen LogP contribution in [0.25, 0.3) is 28.0 Å². The summed E-state index contributed by atoms with van der Waals surface area (Å²) >= 11 is 0. The topological polar surface area (TPSA) is 92.2 Å². The summed E-state index contributed by atoms with van der Waals surface area (Å²) in [6.07, 6.45) is 1.61. The third-order valence-electron chi connectivity index (χ3n) is 7.11. The van der Waals surface area contributed by atoms with E-state index in [2.05, 4.69) is 34.4 Å². The molecular formula is C31H36F2N6O2. The highest BCUT2D eigenvalue weighted by atomic mass is 19.1. The van der Waals surface area contributed by atoms with Gasteiger partial charge in [0.05, 0.1) is 5.69 Å². The third-order valence-corrected chi connectivity index (χ3v) is 7.11. The molecule has 0 spiro atoms. The van der Waals surface area contributed by atoms with Crippen LogP contribution >= 0.6 is 0 Å². The van der Waals surface area contributed by atoms with Crippen molar-refractivity contribution in [2.75, 3.05) is 38.0 Å². The maximum Gasteiger partial charge on any atom is 0.256 e. The number of nitrogens with zero attached hydrogens (tertiary/aromatic N) is 4. The number of para-hydroxylation sites is 1. The predicted octanol–water partition coefficient (Wildman–Crippen LogP) is 5.32. The number of rotatable bonds is 12. The van der Waals surface area contributed by atoms with Crippen molar-refractivity contribution < 1.29 is 13.6 Å². The number of aromatic nitrogens is 3. The first-order valence-corrected chi connectivity index (χ1v) is 14.0. The Labute approximate surface area is 238 Å². The van der Waals surface area contributed by atoms with Crippen LogP contribution in [0.15, 0.2) is 53.3 Å². The highest BCUT2D eigenvalue weighted by Gasteiger charge is 2.21. The smallest absolute Gasteiger partial charge is 0.256 e. The fraction of sp³-hybridized carbons (Fsp3) is 0.355. The van der Waals surface area contributed by atoms with Crippen molar-refractivity contribution in [2.24, 2.45) is 0 Å². The van der Waals surface area contributed by atoms with Crippen LogP contribution in [0.3, 0.4) is 0 Å². The van der Waals surface area contributed by atoms with Gasteiger partial charge in [-0.05, 0) is 69.2 Å². The van der Waals surface area contributed by atoms with E-state index < -0.39 is 22.9 Å². The van der Waals surface area contributed by atoms with Gasteiger partial charge in [-0.2, -0.15) is 4.98 Å². The zero-order valence-electron chi connectivity index (χ0n) is 23.9. The molecule has 216 valence electrons. The summed E-state index contributed by atoms with van der Waals surface area (Å²) in [6, 6.07) is 11.6. The average Bonchev–Trinajstić information content (AvgIpc) is 2.96. The van der Waals surface area contributed by atoms with Gasteiger partial charge in [-0.25, -0.2) is 13.8 Å². The van der Waals surface area contributed by atoms with Gasteiger partial charge in [-0.1, -0.05) is 39.0 Å². The lowest BCUT2D eigenvalue weighted by molar-refractivity contribution is 0.0953. The van der Waals surface area contributed by atoms with Gasteiger partial charge in [0.25, 0.3) is 11.5 Å². The normalized spacial score (nSPS) is 11.3. The number of pyridine rings is 1. The lowest BCUT2D eigenvalue weighted by Crippen LogP contribution is -2.26. The number of carbonyl (C=O) groups is 1. The third kappa shape index (κ3) is 6.43. The van der Waals surface area contributed by atoms with Crippen LogP contribution in [0.4, 0.5) is 14.7 Å². The maximum absolute atomic E-state index is 15.0. The zero-order valence-corrected chi connectivity index (χ0v) is 23.9. The molecule has 0 radical (unpaired) electrons. The quantitative estimate of drug-likeness (QED) is 0.227. The largest absolute Gasteiger partial charge is 0.354 e. The number of anilines is 1. The molecule has 4 rings (SSSR count). The van der Waals surface area contributed by atoms with Gasteiger partial charge in [-0.15, -0.1) is 0 Å². The molecule has 0 saturated carbocycles. The highest BCUT2D eigenvalue weighted by Crippen LogP contribution is 2.32. The van der Waals surface area contributed by atoms with E-state index in [4.69, 9.17) is 4.98 Å². The Morgan fingerprint density at radius 1 is 0.951 bits per heavy atom. The first-order valence-electron chi connectivity index (χ1n) is 14.0. The second-order valence-corrected chi connectivity index (χ2v) is 9.75. The number of hydrogen-bond acceptors (Lipinski definition) is 6. The second kappa shape index (κ2) is 13.5. The standard InChI is InChI=1S/C31H36F2N6O2/c1-5-17-34-30(41)22-12-8-11-21(20(22)4)27-23-15-16-26(40)39(28-24(32)13-9-14-25(28)33)29(23)37-31(36-27)35-18-10-19-38(6-2)7-3/h8-9,11-16H,5-7,10,17-19H2,1-4H3,(H,34,41)(H,35,36,37). The average molecular weight is 563 g/mol. The molecule has 0 unspecified atom stereocenters. The van der Waals surface area contributed by atoms with Crippen LogP contribution in [-0.2, 0) is 0 Å². The Hall–Kier alpha value is -4.18. The molecule has 8 nitrogen and oxygen atoms in total. The summed E-state index contributed by atoms with van der Waals surface area (Å²) in [6.45, 7) is 11.9. The number of fused-ring (bicyclic) bond motifs is 1. The number of nitrogens with one attached hydrogen (secondary N) is 2. The molecule has 4 aromatic rings. The van der Waals surface area contributed by atoms with Crippen LogP contribution in [0.5, 0.6) is 0 Å². The van der Waals surface area contributed by atoms with E-state index in [0.717, 1.165) is 49.2 Å². The minimum absolute atomic E-state index is 0.0537. The van der Waals surface area contributed by atoms with Gasteiger partial charge < -0.3 is 15.5 Å². The minimum Gasteiger partial charge on any atom is -0.354 e. The summed E-state index contributed by atoms with van der Waals surface area (Å²) in [4.78, 5) is 37.7. The van der Waals surface area contributed by atoms with Gasteiger partial charge in [0.1, 0.15) is 17.3 Å². The molecule has 2 aromatic heterocycles. The van der Waals surface area contributed by atoms with Crippen molar-refractivity contribution in [3.63, 3.8) is 0 Å². The maximum atomic E-state index is 15.0. The molecule has 0 atom stereocenters. The van der Waals surface area contributed by atoms with Crippen LogP contribution in [-0.4, -0.2) is 58.1 Å². The summed E-state index contributed by atoms with van der Waals surface area (Å²) in [5.41, 5.74) is 1.17. The number of halogens is 2. The summed E-state index contributed by atoms with van der Waals surface area (Å²) in [5.74, 6) is -1.77. The molecule has 2 aromatic carbocycles. The van der Waals surface area contributed by atoms with Crippen molar-refractivity contribution in [3.8, 4) is 16.9 Å². The number of benzene rings is 2. The lowest BCUT2D eigenvalue weighted by atomic mass is 9.97. The van der Waals surface area contributed by atoms with E-state index in [-0.39, 0.29) is 17.5 Å². The molecule has 0 saturated heterocycles. The van der Waals surface area contributed by atoms with Crippen LogP contribution in [0.1, 0.15) is 49.5 Å². The van der Waals surface area contributed by atoms with Crippen LogP contribution in [0, 0.1) is 18.6 Å². The van der Waals surface area contributed by atoms with Crippen molar-refractivity contribution >= 4 is 22.9 Å². The molecule has 10 heteroatoms. The van der Waals surface area contributed by atoms with E-state index in [1.165, 1.54) is 12.1 Å². The van der Waals surface area contributed by atoms with Crippen LogP contribution in [0.2, 0.25) is 0 Å². The van der Waals surface area contributed by atoms with Gasteiger partial charge in [-0.3, -0.25) is 14.2 Å². The summed E-state index contributed by atoms with van der Waals surface area (Å²) < 4.78 is 30.9. The molecule has 0 aliphatic heterocycles. The van der Waals surface area contributed by atoms with Gasteiger partial charge in [0.2, 0.25) is 5.95 Å². The fourth-order valence-corrected chi connectivity index (χ4v) is 4.83. The Kier molecular flexibility index (Phi) is 9.78. The number of carbonyl (C=O) groups excluding carboxylic acids is 1. The van der Waals surface area contributed by atoms with E-state index in [0.29, 0.717) is 40.9 Å². The van der Waals surface area contributed by atoms with Gasteiger partial charge >= 0.3 is 0 Å². The van der Waals surface area contributed by atoms with E-state index >= 15 is 0 Å².